The molecule has 1 aliphatic heterocycles. The monoisotopic (exact) mass is 383 g/mol. The van der Waals surface area contributed by atoms with Crippen LogP contribution in [0.3, 0.4) is 0 Å². The van der Waals surface area contributed by atoms with E-state index in [9.17, 15) is 0 Å². The number of hydrogen-bond donors (Lipinski definition) is 1. The predicted octanol–water partition coefficient (Wildman–Crippen LogP) is 3.44. The van der Waals surface area contributed by atoms with E-state index >= 15 is 0 Å². The minimum atomic E-state index is 0.548. The molecule has 0 radical (unpaired) electrons. The molecule has 1 N–H and O–H groups in total. The van der Waals surface area contributed by atoms with Crippen LogP contribution in [0.2, 0.25) is 0 Å². The zero-order valence-electron chi connectivity index (χ0n) is 15.5. The van der Waals surface area contributed by atoms with Crippen molar-refractivity contribution < 1.29 is 9.47 Å². The van der Waals surface area contributed by atoms with Gasteiger partial charge in [-0.2, -0.15) is 5.10 Å². The van der Waals surface area contributed by atoms with Crippen LogP contribution in [-0.4, -0.2) is 33.4 Å². The molecule has 0 unspecified atom stereocenters. The van der Waals surface area contributed by atoms with Crippen molar-refractivity contribution in [3.8, 4) is 23.8 Å². The molecule has 7 nitrogen and oxygen atoms in total. The fourth-order valence-electron chi connectivity index (χ4n) is 3.39. The van der Waals surface area contributed by atoms with Gasteiger partial charge in [0.15, 0.2) is 17.1 Å². The van der Waals surface area contributed by atoms with Crippen LogP contribution in [0.5, 0.6) is 11.5 Å². The van der Waals surface area contributed by atoms with Gasteiger partial charge in [-0.1, -0.05) is 18.1 Å². The second kappa shape index (κ2) is 7.17. The first-order valence-electron chi connectivity index (χ1n) is 9.18. The number of terminal acetylenes is 1. The lowest BCUT2D eigenvalue weighted by Crippen LogP contribution is -2.19. The summed E-state index contributed by atoms with van der Waals surface area (Å²) in [6.45, 7) is 1.67. The molecule has 0 saturated carbocycles. The van der Waals surface area contributed by atoms with Gasteiger partial charge in [-0.25, -0.2) is 9.97 Å². The van der Waals surface area contributed by atoms with Gasteiger partial charge in [-0.15, -0.1) is 6.42 Å². The van der Waals surface area contributed by atoms with E-state index in [2.05, 4.69) is 31.0 Å². The van der Waals surface area contributed by atoms with Crippen LogP contribution >= 0.6 is 0 Å². The first-order chi connectivity index (χ1) is 14.3. The fourth-order valence-corrected chi connectivity index (χ4v) is 3.39. The molecule has 142 valence electrons. The molecule has 0 saturated heterocycles. The van der Waals surface area contributed by atoms with Crippen LogP contribution in [0, 0.1) is 12.3 Å². The molecule has 0 fully saturated rings. The molecule has 7 heteroatoms. The highest BCUT2D eigenvalue weighted by molar-refractivity contribution is 5.88. The van der Waals surface area contributed by atoms with E-state index in [0.29, 0.717) is 25.4 Å². The van der Waals surface area contributed by atoms with Crippen molar-refractivity contribution in [2.75, 3.05) is 18.1 Å². The Kier molecular flexibility index (Phi) is 4.22. The topological polar surface area (TPSA) is 76.2 Å². The van der Waals surface area contributed by atoms with Gasteiger partial charge in [-0.3, -0.25) is 5.10 Å². The number of anilines is 2. The van der Waals surface area contributed by atoms with E-state index in [0.717, 1.165) is 39.5 Å². The van der Waals surface area contributed by atoms with Gasteiger partial charge in [0.25, 0.3) is 0 Å². The van der Waals surface area contributed by atoms with Crippen LogP contribution < -0.4 is 14.4 Å². The molecular weight excluding hydrogens is 366 g/mol. The summed E-state index contributed by atoms with van der Waals surface area (Å²) in [4.78, 5) is 10.9. The number of nitrogens with one attached hydrogen (secondary N) is 1. The Hall–Kier alpha value is -4.05. The molecule has 2 aromatic carbocycles. The van der Waals surface area contributed by atoms with E-state index in [-0.39, 0.29) is 0 Å². The molecule has 0 atom stereocenters. The molecule has 0 amide bonds. The van der Waals surface area contributed by atoms with Crippen LogP contribution in [0.15, 0.2) is 55.0 Å². The number of rotatable bonds is 4. The smallest absolute Gasteiger partial charge is 0.161 e. The average Bonchev–Trinajstić information content (AvgIpc) is 3.26. The van der Waals surface area contributed by atoms with Gasteiger partial charge in [-0.05, 0) is 35.9 Å². The number of nitrogens with zero attached hydrogens (tertiary/aromatic N) is 4. The van der Waals surface area contributed by atoms with E-state index < -0.39 is 0 Å². The van der Waals surface area contributed by atoms with Crippen molar-refractivity contribution in [3.05, 3.63) is 66.1 Å². The van der Waals surface area contributed by atoms with Crippen molar-refractivity contribution >= 4 is 22.5 Å². The van der Waals surface area contributed by atoms with E-state index in [1.165, 1.54) is 6.33 Å². The second-order valence-electron chi connectivity index (χ2n) is 6.59. The molecule has 5 rings (SSSR count). The lowest BCUT2D eigenvalue weighted by molar-refractivity contribution is 0.171. The number of aromatic amines is 1. The normalized spacial score (nSPS) is 12.5. The number of H-pyrrole nitrogens is 1. The Morgan fingerprint density at radius 1 is 1.07 bits per heavy atom. The molecule has 0 bridgehead atoms. The van der Waals surface area contributed by atoms with Crippen LogP contribution in [0.1, 0.15) is 11.1 Å². The first kappa shape index (κ1) is 17.1. The maximum atomic E-state index is 5.74. The van der Waals surface area contributed by atoms with Gasteiger partial charge >= 0.3 is 0 Å². The van der Waals surface area contributed by atoms with E-state index in [1.54, 1.807) is 6.20 Å². The first-order valence-corrected chi connectivity index (χ1v) is 9.18. The highest BCUT2D eigenvalue weighted by atomic mass is 16.6. The van der Waals surface area contributed by atoms with Gasteiger partial charge in [0.2, 0.25) is 0 Å². The molecule has 29 heavy (non-hydrogen) atoms. The SMILES string of the molecule is C#Cc1cccc(N(Cc2ccc3c(c2)OCCO3)c2ncnc3[nH]ncc23)c1. The lowest BCUT2D eigenvalue weighted by Gasteiger charge is -2.26. The number of benzene rings is 2. The second-order valence-corrected chi connectivity index (χ2v) is 6.59. The summed E-state index contributed by atoms with van der Waals surface area (Å²) in [6, 6.07) is 13.8. The summed E-state index contributed by atoms with van der Waals surface area (Å²) in [5, 5.41) is 7.84. The lowest BCUT2D eigenvalue weighted by atomic mass is 10.1. The Balaban J connectivity index is 1.60. The zero-order chi connectivity index (χ0) is 19.6. The maximum absolute atomic E-state index is 5.74. The largest absolute Gasteiger partial charge is 0.486 e. The summed E-state index contributed by atoms with van der Waals surface area (Å²) < 4.78 is 11.4. The third-order valence-electron chi connectivity index (χ3n) is 4.75. The summed E-state index contributed by atoms with van der Waals surface area (Å²) in [5.74, 6) is 4.96. The molecule has 1 aliphatic rings. The number of fused-ring (bicyclic) bond motifs is 2. The van der Waals surface area contributed by atoms with Crippen molar-refractivity contribution in [3.63, 3.8) is 0 Å². The molecule has 4 aromatic rings. The van der Waals surface area contributed by atoms with Crippen LogP contribution in [-0.2, 0) is 6.54 Å². The van der Waals surface area contributed by atoms with Crippen molar-refractivity contribution in [1.82, 2.24) is 20.2 Å². The predicted molar refractivity (Wildman–Crippen MR) is 109 cm³/mol. The number of hydrogen-bond acceptors (Lipinski definition) is 6. The van der Waals surface area contributed by atoms with Crippen molar-refractivity contribution in [2.45, 2.75) is 6.54 Å². The highest BCUT2D eigenvalue weighted by Crippen LogP contribution is 2.34. The fraction of sp³-hybridized carbons (Fsp3) is 0.136. The highest BCUT2D eigenvalue weighted by Gasteiger charge is 2.18. The Bertz CT molecular complexity index is 1230. The zero-order valence-corrected chi connectivity index (χ0v) is 15.5. The Labute approximate surface area is 167 Å². The average molecular weight is 383 g/mol. The van der Waals surface area contributed by atoms with Crippen LogP contribution in [0.25, 0.3) is 11.0 Å². The van der Waals surface area contributed by atoms with E-state index in [1.807, 2.05) is 42.5 Å². The number of ether oxygens (including phenoxy) is 2. The Morgan fingerprint density at radius 2 is 1.97 bits per heavy atom. The standard InChI is InChI=1S/C22H17N5O2/c1-2-15-4-3-5-17(10-15)27(22-18-12-25-26-21(18)23-14-24-22)13-16-6-7-19-20(11-16)29-9-8-28-19/h1,3-7,10-12,14H,8-9,13H2,(H,23,24,25,26). The quantitative estimate of drug-likeness (QED) is 0.544. The van der Waals surface area contributed by atoms with E-state index in [4.69, 9.17) is 15.9 Å². The third-order valence-corrected chi connectivity index (χ3v) is 4.75. The number of aromatic nitrogens is 4. The minimum absolute atomic E-state index is 0.548. The van der Waals surface area contributed by atoms with Crippen molar-refractivity contribution in [1.29, 1.82) is 0 Å². The Morgan fingerprint density at radius 3 is 2.86 bits per heavy atom. The molecule has 0 spiro atoms. The molecule has 3 heterocycles. The summed E-state index contributed by atoms with van der Waals surface area (Å²) in [5.41, 5.74) is 3.45. The van der Waals surface area contributed by atoms with Gasteiger partial charge in [0.1, 0.15) is 25.4 Å². The third kappa shape index (κ3) is 3.21. The summed E-state index contributed by atoms with van der Waals surface area (Å²) in [7, 11) is 0. The van der Waals surface area contributed by atoms with Gasteiger partial charge < -0.3 is 14.4 Å². The molecular formula is C22H17N5O2. The summed E-state index contributed by atoms with van der Waals surface area (Å²) >= 11 is 0. The summed E-state index contributed by atoms with van der Waals surface area (Å²) in [6.07, 6.45) is 8.87. The molecule has 2 aromatic heterocycles. The van der Waals surface area contributed by atoms with Crippen molar-refractivity contribution in [2.24, 2.45) is 0 Å². The van der Waals surface area contributed by atoms with Gasteiger partial charge in [0.05, 0.1) is 11.6 Å². The minimum Gasteiger partial charge on any atom is -0.486 e. The van der Waals surface area contributed by atoms with Gasteiger partial charge in [0, 0.05) is 17.8 Å². The maximum Gasteiger partial charge on any atom is 0.161 e. The van der Waals surface area contributed by atoms with Crippen LogP contribution in [0.4, 0.5) is 11.5 Å². The molecule has 0 aliphatic carbocycles.